The number of benzene rings is 1. The summed E-state index contributed by atoms with van der Waals surface area (Å²) in [5, 5.41) is 13.7. The van der Waals surface area contributed by atoms with E-state index in [4.69, 9.17) is 19.9 Å². The van der Waals surface area contributed by atoms with Gasteiger partial charge in [-0.1, -0.05) is 60.1 Å². The average Bonchev–Trinajstić information content (AvgIpc) is 3.15. The third-order valence-electron chi connectivity index (χ3n) is 16.8. The molecule has 5 aliphatic rings. The van der Waals surface area contributed by atoms with E-state index in [-0.39, 0.29) is 47.1 Å². The normalized spacial score (nSPS) is 37.0. The van der Waals surface area contributed by atoms with Crippen LogP contribution < -0.4 is 11.1 Å². The number of fused-ring (bicyclic) bond motifs is 3. The molecule has 3 saturated carbocycles. The maximum Gasteiger partial charge on any atom is 0.416 e. The van der Waals surface area contributed by atoms with Crippen LogP contribution >= 0.6 is 0 Å². The second kappa shape index (κ2) is 16.3. The van der Waals surface area contributed by atoms with Gasteiger partial charge in [-0.05, 0) is 128 Å². The monoisotopic (exact) mass is 844 g/mol. The Bertz CT molecular complexity index is 1880. The minimum absolute atomic E-state index is 0.0457. The molecule has 1 aromatic rings. The quantitative estimate of drug-likeness (QED) is 0.107. The van der Waals surface area contributed by atoms with Gasteiger partial charge in [0.2, 0.25) is 0 Å². The predicted octanol–water partition coefficient (Wildman–Crippen LogP) is 8.67. The van der Waals surface area contributed by atoms with E-state index in [1.165, 1.54) is 25.5 Å². The highest BCUT2D eigenvalue weighted by molar-refractivity contribution is 5.94. The molecule has 1 heterocycles. The van der Waals surface area contributed by atoms with Crippen molar-refractivity contribution < 1.29 is 51.7 Å². The summed E-state index contributed by atoms with van der Waals surface area (Å²) in [5.74, 6) is -2.25. The predicted molar refractivity (Wildman–Crippen MR) is 219 cm³/mol. The van der Waals surface area contributed by atoms with E-state index in [0.29, 0.717) is 50.4 Å². The summed E-state index contributed by atoms with van der Waals surface area (Å²) in [6.45, 7) is 19.2. The number of unbranched alkanes of at least 4 members (excludes halogenated alkanes) is 1. The zero-order chi connectivity index (χ0) is 44.4. The molecule has 1 amide bonds. The number of carboxylic acids is 1. The van der Waals surface area contributed by atoms with Crippen molar-refractivity contribution in [1.82, 2.24) is 5.32 Å². The Kier molecular flexibility index (Phi) is 12.6. The molecular formula is C47H67F3N2O8. The molecule has 1 saturated heterocycles. The van der Waals surface area contributed by atoms with Crippen molar-refractivity contribution in [2.24, 2.45) is 62.4 Å². The molecule has 334 valence electrons. The molecule has 4 aliphatic carbocycles. The smallest absolute Gasteiger partial charge is 0.416 e. The zero-order valence-corrected chi connectivity index (χ0v) is 36.9. The standard InChI is InChI=1S/C47H67F3N2O8/c1-26(2)28(4)42(6)17-18-44(8)32-13-14-36-43(7)24-58-25-46(36,33(32)15-16-45(44,9)37(42)40(55)56)23-35(59-29(5)53)38(43)60-41(57)34(51)12-10-11-19-52-39(54)30-20-27(3)21-31(22-30)47(48,49)50/h15,20-22,26,28,32,34-38H,10-14,16-19,23-25,51H2,1-9H3,(H,52,54)(H,55,56)/t28-,32+,34?,35-,36+,37-,38+,42-,43+,44-,45+,46+/m1/s1. The summed E-state index contributed by atoms with van der Waals surface area (Å²) in [6, 6.07) is 2.21. The molecule has 60 heavy (non-hydrogen) atoms. The van der Waals surface area contributed by atoms with E-state index in [1.807, 2.05) is 0 Å². The lowest BCUT2D eigenvalue weighted by Crippen LogP contribution is -2.70. The Labute approximate surface area is 353 Å². The number of amides is 1. The van der Waals surface area contributed by atoms with Crippen LogP contribution in [0, 0.1) is 63.6 Å². The number of carbonyl (C=O) groups is 4. The third-order valence-corrected chi connectivity index (χ3v) is 16.8. The minimum atomic E-state index is -4.57. The summed E-state index contributed by atoms with van der Waals surface area (Å²) in [4.78, 5) is 52.6. The van der Waals surface area contributed by atoms with Gasteiger partial charge in [0.05, 0.1) is 24.7 Å². The Balaban J connectivity index is 1.17. The molecular weight excluding hydrogens is 778 g/mol. The number of aliphatic carboxylic acids is 1. The Morgan fingerprint density at radius 1 is 0.983 bits per heavy atom. The van der Waals surface area contributed by atoms with Crippen LogP contribution in [-0.4, -0.2) is 66.9 Å². The largest absolute Gasteiger partial charge is 0.481 e. The Morgan fingerprint density at radius 2 is 1.68 bits per heavy atom. The van der Waals surface area contributed by atoms with E-state index in [1.54, 1.807) is 0 Å². The van der Waals surface area contributed by atoms with Crippen LogP contribution in [0.3, 0.4) is 0 Å². The van der Waals surface area contributed by atoms with Gasteiger partial charge in [0.25, 0.3) is 5.91 Å². The Morgan fingerprint density at radius 3 is 2.32 bits per heavy atom. The fourth-order valence-electron chi connectivity index (χ4n) is 13.3. The van der Waals surface area contributed by atoms with Crippen LogP contribution in [0.4, 0.5) is 13.2 Å². The fraction of sp³-hybridized carbons (Fsp3) is 0.745. The molecule has 4 fully saturated rings. The maximum atomic E-state index is 13.7. The number of hydrogen-bond donors (Lipinski definition) is 3. The van der Waals surface area contributed by atoms with Crippen LogP contribution in [0.1, 0.15) is 135 Å². The summed E-state index contributed by atoms with van der Waals surface area (Å²) in [7, 11) is 0. The number of nitrogens with one attached hydrogen (secondary N) is 1. The lowest BCUT2D eigenvalue weighted by Gasteiger charge is -2.71. The number of aryl methyl sites for hydroxylation is 1. The molecule has 1 aromatic carbocycles. The van der Waals surface area contributed by atoms with Crippen molar-refractivity contribution >= 4 is 23.8 Å². The molecule has 10 nitrogen and oxygen atoms in total. The van der Waals surface area contributed by atoms with E-state index < -0.39 is 76.0 Å². The van der Waals surface area contributed by atoms with Crippen molar-refractivity contribution in [2.45, 2.75) is 145 Å². The van der Waals surface area contributed by atoms with E-state index >= 15 is 0 Å². The van der Waals surface area contributed by atoms with Gasteiger partial charge < -0.3 is 30.4 Å². The first kappa shape index (κ1) is 46.1. The van der Waals surface area contributed by atoms with Crippen LogP contribution in [0.25, 0.3) is 0 Å². The second-order valence-electron chi connectivity index (χ2n) is 20.5. The van der Waals surface area contributed by atoms with Gasteiger partial charge in [-0.3, -0.25) is 19.2 Å². The molecule has 0 radical (unpaired) electrons. The number of hydrogen-bond acceptors (Lipinski definition) is 8. The molecule has 12 atom stereocenters. The van der Waals surface area contributed by atoms with Gasteiger partial charge in [0.1, 0.15) is 18.2 Å². The molecule has 0 aromatic heterocycles. The third kappa shape index (κ3) is 7.70. The maximum absolute atomic E-state index is 13.7. The van der Waals surface area contributed by atoms with Gasteiger partial charge >= 0.3 is 24.1 Å². The fourth-order valence-corrected chi connectivity index (χ4v) is 13.3. The number of halogens is 3. The highest BCUT2D eigenvalue weighted by atomic mass is 19.4. The van der Waals surface area contributed by atoms with Crippen LogP contribution in [0.5, 0.6) is 0 Å². The van der Waals surface area contributed by atoms with Crippen molar-refractivity contribution in [3.8, 4) is 0 Å². The van der Waals surface area contributed by atoms with Gasteiger partial charge in [0.15, 0.2) is 0 Å². The number of nitrogens with two attached hydrogens (primary N) is 1. The number of carbonyl (C=O) groups excluding carboxylic acids is 3. The molecule has 0 spiro atoms. The number of esters is 2. The van der Waals surface area contributed by atoms with Gasteiger partial charge in [-0.25, -0.2) is 0 Å². The first-order valence-corrected chi connectivity index (χ1v) is 22.0. The van der Waals surface area contributed by atoms with Gasteiger partial charge in [-0.15, -0.1) is 0 Å². The van der Waals surface area contributed by atoms with Crippen molar-refractivity contribution in [2.75, 3.05) is 19.8 Å². The van der Waals surface area contributed by atoms with Crippen molar-refractivity contribution in [3.63, 3.8) is 0 Å². The number of rotatable bonds is 12. The summed E-state index contributed by atoms with van der Waals surface area (Å²) < 4.78 is 58.7. The Hall–Kier alpha value is -3.45. The second-order valence-corrected chi connectivity index (χ2v) is 20.5. The van der Waals surface area contributed by atoms with E-state index in [9.17, 15) is 37.5 Å². The van der Waals surface area contributed by atoms with E-state index in [2.05, 4.69) is 59.9 Å². The van der Waals surface area contributed by atoms with Crippen molar-refractivity contribution in [3.05, 3.63) is 46.5 Å². The molecule has 1 unspecified atom stereocenters. The topological polar surface area (TPSA) is 154 Å². The first-order valence-electron chi connectivity index (χ1n) is 22.0. The molecule has 4 N–H and O–H groups in total. The molecule has 1 aliphatic heterocycles. The van der Waals surface area contributed by atoms with Crippen LogP contribution in [-0.2, 0) is 34.8 Å². The van der Waals surface area contributed by atoms with Gasteiger partial charge in [-0.2, -0.15) is 13.2 Å². The summed E-state index contributed by atoms with van der Waals surface area (Å²) in [5.41, 5.74) is 4.67. The molecule has 13 heteroatoms. The zero-order valence-electron chi connectivity index (χ0n) is 36.9. The lowest BCUT2D eigenvalue weighted by molar-refractivity contribution is -0.263. The van der Waals surface area contributed by atoms with Crippen molar-refractivity contribution in [1.29, 1.82) is 0 Å². The first-order chi connectivity index (χ1) is 27.9. The van der Waals surface area contributed by atoms with Crippen LogP contribution in [0.2, 0.25) is 0 Å². The number of ether oxygens (including phenoxy) is 3. The average molecular weight is 845 g/mol. The molecule has 6 rings (SSSR count). The molecule has 2 bridgehead atoms. The summed E-state index contributed by atoms with van der Waals surface area (Å²) in [6.07, 6.45) is 1.74. The number of allylic oxidation sites excluding steroid dienone is 1. The lowest BCUT2D eigenvalue weighted by atomic mass is 9.34. The number of alkyl halides is 3. The van der Waals surface area contributed by atoms with Gasteiger partial charge in [0, 0.05) is 29.9 Å². The number of carboxylic acid groups (broad SMARTS) is 1. The minimum Gasteiger partial charge on any atom is -0.481 e. The summed E-state index contributed by atoms with van der Waals surface area (Å²) >= 11 is 0. The highest BCUT2D eigenvalue weighted by Crippen LogP contribution is 2.75. The highest BCUT2D eigenvalue weighted by Gasteiger charge is 2.72. The van der Waals surface area contributed by atoms with E-state index in [0.717, 1.165) is 37.8 Å². The van der Waals surface area contributed by atoms with Crippen LogP contribution in [0.15, 0.2) is 29.8 Å². The SMILES string of the molecule is CC(=O)O[C@@H]1C[C@@]23COC[C@@](C)([C@@H]2CC[C@H]2C3=CC[C@@]3(C)[C@H](C(=O)O)[C@@](C)([C@H](C)C(C)C)CC[C@]23C)[C@H]1OC(=O)C(N)CCCCNC(=O)c1cc(C)cc(C(F)(F)F)c1.